The van der Waals surface area contributed by atoms with Gasteiger partial charge in [-0.2, -0.15) is 0 Å². The van der Waals surface area contributed by atoms with Gasteiger partial charge in [0.2, 0.25) is 0 Å². The highest BCUT2D eigenvalue weighted by Gasteiger charge is 2.27. The van der Waals surface area contributed by atoms with E-state index in [2.05, 4.69) is 4.98 Å². The smallest absolute Gasteiger partial charge is 0.138 e. The molecule has 0 aliphatic heterocycles. The van der Waals surface area contributed by atoms with E-state index in [4.69, 9.17) is 4.74 Å². The van der Waals surface area contributed by atoms with Gasteiger partial charge in [0, 0.05) is 16.6 Å². The molecule has 1 atom stereocenters. The van der Waals surface area contributed by atoms with Crippen LogP contribution < -0.4 is 4.74 Å². The number of aromatic nitrogens is 1. The Morgan fingerprint density at radius 3 is 2.78 bits per heavy atom. The molecule has 0 spiro atoms. The van der Waals surface area contributed by atoms with Crippen molar-refractivity contribution in [1.29, 1.82) is 0 Å². The van der Waals surface area contributed by atoms with Crippen molar-refractivity contribution in [2.45, 2.75) is 32.5 Å². The molecular weight excluding hydrogens is 246 g/mol. The molecule has 0 fully saturated rings. The summed E-state index contributed by atoms with van der Waals surface area (Å²) in [6.07, 6.45) is 3.43. The number of ether oxygens (including phenoxy) is 1. The second kappa shape index (κ2) is 5.08. The van der Waals surface area contributed by atoms with Gasteiger partial charge in [-0.3, -0.25) is 4.98 Å². The first-order valence-corrected chi connectivity index (χ1v) is 6.76. The van der Waals surface area contributed by atoms with Crippen molar-refractivity contribution in [3.63, 3.8) is 0 Å². The van der Waals surface area contributed by atoms with E-state index in [1.807, 2.05) is 37.4 Å². The van der Waals surface area contributed by atoms with E-state index in [0.29, 0.717) is 5.75 Å². The van der Waals surface area contributed by atoms with Crippen LogP contribution >= 0.6 is 11.3 Å². The first kappa shape index (κ1) is 13.1. The number of hydrogen-bond donors (Lipinski definition) is 1. The standard InChI is InChI=1S/C14H17NO2S/c1-10(2)17-12-7-11(8-15-9-12)14(3,16)13-5-4-6-18-13/h4-10,16H,1-3H3. The molecule has 1 unspecified atom stereocenters. The van der Waals surface area contributed by atoms with Gasteiger partial charge < -0.3 is 9.84 Å². The van der Waals surface area contributed by atoms with Gasteiger partial charge in [0.1, 0.15) is 11.4 Å². The van der Waals surface area contributed by atoms with Crippen molar-refractivity contribution in [2.24, 2.45) is 0 Å². The van der Waals surface area contributed by atoms with Gasteiger partial charge in [-0.05, 0) is 38.3 Å². The molecule has 0 saturated carbocycles. The number of rotatable bonds is 4. The molecule has 18 heavy (non-hydrogen) atoms. The maximum atomic E-state index is 10.6. The maximum Gasteiger partial charge on any atom is 0.138 e. The van der Waals surface area contributed by atoms with E-state index in [-0.39, 0.29) is 6.10 Å². The van der Waals surface area contributed by atoms with Crippen LogP contribution in [0.5, 0.6) is 5.75 Å². The van der Waals surface area contributed by atoms with Crippen molar-refractivity contribution in [3.05, 3.63) is 46.4 Å². The summed E-state index contributed by atoms with van der Waals surface area (Å²) in [5, 5.41) is 12.6. The van der Waals surface area contributed by atoms with Crippen LogP contribution in [0.4, 0.5) is 0 Å². The predicted octanol–water partition coefficient (Wildman–Crippen LogP) is 3.19. The van der Waals surface area contributed by atoms with Crippen molar-refractivity contribution < 1.29 is 9.84 Å². The second-order valence-corrected chi connectivity index (χ2v) is 5.57. The minimum Gasteiger partial charge on any atom is -0.489 e. The lowest BCUT2D eigenvalue weighted by molar-refractivity contribution is 0.105. The average molecular weight is 263 g/mol. The molecule has 3 nitrogen and oxygen atoms in total. The third-order valence-corrected chi connectivity index (χ3v) is 3.73. The first-order valence-electron chi connectivity index (χ1n) is 5.88. The van der Waals surface area contributed by atoms with Gasteiger partial charge in [-0.15, -0.1) is 11.3 Å². The molecule has 2 aromatic rings. The van der Waals surface area contributed by atoms with Crippen LogP contribution in [0.3, 0.4) is 0 Å². The molecule has 96 valence electrons. The summed E-state index contributed by atoms with van der Waals surface area (Å²) in [6.45, 7) is 5.70. The number of thiophene rings is 1. The van der Waals surface area contributed by atoms with Crippen molar-refractivity contribution in [2.75, 3.05) is 0 Å². The molecular formula is C14H17NO2S. The number of pyridine rings is 1. The normalized spacial score (nSPS) is 14.5. The minimum atomic E-state index is -1.03. The molecule has 0 amide bonds. The first-order chi connectivity index (χ1) is 8.50. The summed E-state index contributed by atoms with van der Waals surface area (Å²) in [5.41, 5.74) is -0.291. The Bertz CT molecular complexity index is 506. The molecule has 2 heterocycles. The van der Waals surface area contributed by atoms with Crippen molar-refractivity contribution in [1.82, 2.24) is 4.98 Å². The fourth-order valence-corrected chi connectivity index (χ4v) is 2.53. The third kappa shape index (κ3) is 2.71. The SMILES string of the molecule is CC(C)Oc1cncc(C(C)(O)c2cccs2)c1. The van der Waals surface area contributed by atoms with Crippen molar-refractivity contribution in [3.8, 4) is 5.75 Å². The molecule has 0 bridgehead atoms. The molecule has 0 radical (unpaired) electrons. The van der Waals surface area contributed by atoms with Crippen LogP contribution in [-0.4, -0.2) is 16.2 Å². The largest absolute Gasteiger partial charge is 0.489 e. The van der Waals surface area contributed by atoms with Crippen LogP contribution in [0.25, 0.3) is 0 Å². The van der Waals surface area contributed by atoms with Crippen LogP contribution in [0.1, 0.15) is 31.2 Å². The summed E-state index contributed by atoms with van der Waals surface area (Å²) in [6, 6.07) is 5.68. The molecule has 4 heteroatoms. The molecule has 2 aromatic heterocycles. The Morgan fingerprint density at radius 2 is 2.17 bits per heavy atom. The molecule has 0 aromatic carbocycles. The summed E-state index contributed by atoms with van der Waals surface area (Å²) >= 11 is 1.53. The highest BCUT2D eigenvalue weighted by Crippen LogP contribution is 2.33. The predicted molar refractivity (Wildman–Crippen MR) is 73.0 cm³/mol. The fourth-order valence-electron chi connectivity index (χ4n) is 1.72. The number of nitrogens with zero attached hydrogens (tertiary/aromatic N) is 1. The Hall–Kier alpha value is -1.39. The second-order valence-electron chi connectivity index (χ2n) is 4.63. The molecule has 1 N–H and O–H groups in total. The Kier molecular flexibility index (Phi) is 3.68. The highest BCUT2D eigenvalue weighted by atomic mass is 32.1. The summed E-state index contributed by atoms with van der Waals surface area (Å²) in [7, 11) is 0. The van der Waals surface area contributed by atoms with Gasteiger partial charge in [-0.25, -0.2) is 0 Å². The van der Waals surface area contributed by atoms with Gasteiger partial charge in [-0.1, -0.05) is 6.07 Å². The molecule has 0 aliphatic rings. The van der Waals surface area contributed by atoms with Crippen LogP contribution in [0, 0.1) is 0 Å². The number of aliphatic hydroxyl groups is 1. The van der Waals surface area contributed by atoms with Crippen LogP contribution in [0.2, 0.25) is 0 Å². The highest BCUT2D eigenvalue weighted by molar-refractivity contribution is 7.10. The topological polar surface area (TPSA) is 42.4 Å². The lowest BCUT2D eigenvalue weighted by atomic mass is 9.96. The third-order valence-electron chi connectivity index (χ3n) is 2.65. The van der Waals surface area contributed by atoms with Gasteiger partial charge in [0.25, 0.3) is 0 Å². The quantitative estimate of drug-likeness (QED) is 0.921. The van der Waals surface area contributed by atoms with Gasteiger partial charge >= 0.3 is 0 Å². The average Bonchev–Trinajstić information content (AvgIpc) is 2.82. The summed E-state index contributed by atoms with van der Waals surface area (Å²) < 4.78 is 5.60. The van der Waals surface area contributed by atoms with E-state index in [1.54, 1.807) is 19.3 Å². The van der Waals surface area contributed by atoms with E-state index in [0.717, 1.165) is 10.4 Å². The Morgan fingerprint density at radius 1 is 1.39 bits per heavy atom. The lowest BCUT2D eigenvalue weighted by Crippen LogP contribution is -2.21. The van der Waals surface area contributed by atoms with Gasteiger partial charge in [0.15, 0.2) is 0 Å². The zero-order chi connectivity index (χ0) is 13.2. The van der Waals surface area contributed by atoms with E-state index < -0.39 is 5.60 Å². The van der Waals surface area contributed by atoms with Gasteiger partial charge in [0.05, 0.1) is 12.3 Å². The van der Waals surface area contributed by atoms with Crippen molar-refractivity contribution >= 4 is 11.3 Å². The molecule has 2 rings (SSSR count). The zero-order valence-corrected chi connectivity index (χ0v) is 11.6. The fraction of sp³-hybridized carbons (Fsp3) is 0.357. The van der Waals surface area contributed by atoms with E-state index >= 15 is 0 Å². The van der Waals surface area contributed by atoms with E-state index in [9.17, 15) is 5.11 Å². The molecule has 0 saturated heterocycles. The van der Waals surface area contributed by atoms with Crippen LogP contribution in [0.15, 0.2) is 36.0 Å². The minimum absolute atomic E-state index is 0.0914. The van der Waals surface area contributed by atoms with E-state index in [1.165, 1.54) is 11.3 Å². The Balaban J connectivity index is 2.33. The summed E-state index contributed by atoms with van der Waals surface area (Å²) in [4.78, 5) is 5.03. The zero-order valence-electron chi connectivity index (χ0n) is 10.8. The number of hydrogen-bond acceptors (Lipinski definition) is 4. The monoisotopic (exact) mass is 263 g/mol. The van der Waals surface area contributed by atoms with Crippen LogP contribution in [-0.2, 0) is 5.60 Å². The lowest BCUT2D eigenvalue weighted by Gasteiger charge is -2.22. The summed E-state index contributed by atoms with van der Waals surface area (Å²) in [5.74, 6) is 0.680. The maximum absolute atomic E-state index is 10.6. The Labute approximate surface area is 111 Å². The molecule has 0 aliphatic carbocycles.